The van der Waals surface area contributed by atoms with Crippen LogP contribution in [0.2, 0.25) is 0 Å². The molecule has 0 bridgehead atoms. The third kappa shape index (κ3) is 2.61. The number of carbonyl (C=O) groups excluding carboxylic acids is 2. The molecule has 0 radical (unpaired) electrons. The van der Waals surface area contributed by atoms with Crippen molar-refractivity contribution in [2.45, 2.75) is 63.3 Å². The number of imide groups is 1. The van der Waals surface area contributed by atoms with Crippen LogP contribution in [0, 0.1) is 5.41 Å². The molecule has 0 aromatic carbocycles. The molecule has 118 valence electrons. The fourth-order valence-electron chi connectivity index (χ4n) is 4.39. The molecular weight excluding hydrogens is 270 g/mol. The van der Waals surface area contributed by atoms with E-state index < -0.39 is 5.54 Å². The van der Waals surface area contributed by atoms with Gasteiger partial charge in [-0.2, -0.15) is 0 Å². The summed E-state index contributed by atoms with van der Waals surface area (Å²) in [5, 5.41) is 9.83. The van der Waals surface area contributed by atoms with Gasteiger partial charge >= 0.3 is 0 Å². The number of nitrogens with zero attached hydrogens (tertiary/aromatic N) is 1. The van der Waals surface area contributed by atoms with E-state index in [1.807, 2.05) is 0 Å². The summed E-state index contributed by atoms with van der Waals surface area (Å²) in [6, 6.07) is 0. The molecule has 2 aliphatic heterocycles. The van der Waals surface area contributed by atoms with E-state index in [0.29, 0.717) is 38.9 Å². The van der Waals surface area contributed by atoms with Crippen molar-refractivity contribution in [3.63, 3.8) is 0 Å². The SMILES string of the molecule is O=C1CC2(CCCCC2)CC(=O)N1C1(CO)CCOCC1. The van der Waals surface area contributed by atoms with Crippen LogP contribution in [0.4, 0.5) is 0 Å². The molecule has 1 N–H and O–H groups in total. The summed E-state index contributed by atoms with van der Waals surface area (Å²) < 4.78 is 5.34. The lowest BCUT2D eigenvalue weighted by atomic mass is 9.67. The molecule has 1 spiro atoms. The van der Waals surface area contributed by atoms with Gasteiger partial charge in [0.05, 0.1) is 12.1 Å². The normalized spacial score (nSPS) is 28.9. The highest BCUT2D eigenvalue weighted by Gasteiger charge is 2.51. The van der Waals surface area contributed by atoms with E-state index in [1.165, 1.54) is 11.3 Å². The minimum absolute atomic E-state index is 0.0795. The molecule has 5 nitrogen and oxygen atoms in total. The third-order valence-corrected chi connectivity index (χ3v) is 5.66. The Balaban J connectivity index is 1.81. The molecule has 1 saturated carbocycles. The number of aliphatic hydroxyl groups excluding tert-OH is 1. The second kappa shape index (κ2) is 5.69. The second-order valence-electron chi connectivity index (χ2n) is 7.03. The van der Waals surface area contributed by atoms with E-state index in [-0.39, 0.29) is 23.8 Å². The average Bonchev–Trinajstić information content (AvgIpc) is 2.48. The first-order valence-corrected chi connectivity index (χ1v) is 8.15. The molecule has 1 aliphatic carbocycles. The van der Waals surface area contributed by atoms with Crippen molar-refractivity contribution in [2.24, 2.45) is 5.41 Å². The molecule has 2 amide bonds. The lowest BCUT2D eigenvalue weighted by Gasteiger charge is -2.50. The van der Waals surface area contributed by atoms with Crippen LogP contribution >= 0.6 is 0 Å². The van der Waals surface area contributed by atoms with Crippen LogP contribution in [0.1, 0.15) is 57.8 Å². The Bertz CT molecular complexity index is 402. The van der Waals surface area contributed by atoms with Crippen LogP contribution in [0.5, 0.6) is 0 Å². The minimum atomic E-state index is -0.720. The molecule has 5 heteroatoms. The molecule has 21 heavy (non-hydrogen) atoms. The van der Waals surface area contributed by atoms with Crippen LogP contribution in [0.15, 0.2) is 0 Å². The molecule has 0 atom stereocenters. The first-order chi connectivity index (χ1) is 10.1. The van der Waals surface area contributed by atoms with Crippen molar-refractivity contribution in [3.8, 4) is 0 Å². The van der Waals surface area contributed by atoms with Gasteiger partial charge in [-0.1, -0.05) is 19.3 Å². The first-order valence-electron chi connectivity index (χ1n) is 8.15. The summed E-state index contributed by atoms with van der Waals surface area (Å²) in [5.41, 5.74) is -0.812. The summed E-state index contributed by atoms with van der Waals surface area (Å²) in [5.74, 6) is -0.159. The Morgan fingerprint density at radius 1 is 0.952 bits per heavy atom. The maximum Gasteiger partial charge on any atom is 0.230 e. The van der Waals surface area contributed by atoms with Crippen molar-refractivity contribution in [1.29, 1.82) is 0 Å². The zero-order valence-electron chi connectivity index (χ0n) is 12.6. The van der Waals surface area contributed by atoms with Gasteiger partial charge in [-0.25, -0.2) is 0 Å². The number of likely N-dealkylation sites (tertiary alicyclic amines) is 1. The number of amides is 2. The molecule has 2 heterocycles. The van der Waals surface area contributed by atoms with Crippen LogP contribution in [0.25, 0.3) is 0 Å². The monoisotopic (exact) mass is 295 g/mol. The molecule has 0 unspecified atom stereocenters. The van der Waals surface area contributed by atoms with Crippen LogP contribution < -0.4 is 0 Å². The Kier molecular flexibility index (Phi) is 4.06. The van der Waals surface area contributed by atoms with E-state index in [0.717, 1.165) is 25.7 Å². The van der Waals surface area contributed by atoms with Crippen molar-refractivity contribution < 1.29 is 19.4 Å². The van der Waals surface area contributed by atoms with E-state index in [1.54, 1.807) is 0 Å². The van der Waals surface area contributed by atoms with Gasteiger partial charge in [0, 0.05) is 26.1 Å². The van der Waals surface area contributed by atoms with Crippen molar-refractivity contribution in [3.05, 3.63) is 0 Å². The van der Waals surface area contributed by atoms with Crippen LogP contribution in [0.3, 0.4) is 0 Å². The summed E-state index contributed by atoms with van der Waals surface area (Å²) in [6.45, 7) is 0.854. The number of rotatable bonds is 2. The Hall–Kier alpha value is -0.940. The predicted molar refractivity (Wildman–Crippen MR) is 76.5 cm³/mol. The van der Waals surface area contributed by atoms with Gasteiger partial charge < -0.3 is 9.84 Å². The molecule has 3 aliphatic rings. The highest BCUT2D eigenvalue weighted by molar-refractivity contribution is 5.99. The zero-order chi connectivity index (χ0) is 14.9. The maximum absolute atomic E-state index is 12.7. The van der Waals surface area contributed by atoms with Gasteiger partial charge in [-0.15, -0.1) is 0 Å². The first kappa shape index (κ1) is 15.0. The lowest BCUT2D eigenvalue weighted by Crippen LogP contribution is -2.63. The van der Waals surface area contributed by atoms with Crippen molar-refractivity contribution in [1.82, 2.24) is 4.90 Å². The summed E-state index contributed by atoms with van der Waals surface area (Å²) in [7, 11) is 0. The third-order valence-electron chi connectivity index (χ3n) is 5.66. The largest absolute Gasteiger partial charge is 0.394 e. The fraction of sp³-hybridized carbons (Fsp3) is 0.875. The number of hydrogen-bond acceptors (Lipinski definition) is 4. The second-order valence-corrected chi connectivity index (χ2v) is 7.03. The fourth-order valence-corrected chi connectivity index (χ4v) is 4.39. The Morgan fingerprint density at radius 3 is 2.05 bits per heavy atom. The predicted octanol–water partition coefficient (Wildman–Crippen LogP) is 1.63. The highest BCUT2D eigenvalue weighted by atomic mass is 16.5. The molecule has 0 aromatic rings. The molecule has 3 rings (SSSR count). The van der Waals surface area contributed by atoms with Gasteiger partial charge in [0.15, 0.2) is 0 Å². The van der Waals surface area contributed by atoms with Crippen molar-refractivity contribution in [2.75, 3.05) is 19.8 Å². The molecule has 0 aromatic heterocycles. The van der Waals surface area contributed by atoms with Crippen LogP contribution in [-0.2, 0) is 14.3 Å². The van der Waals surface area contributed by atoms with Gasteiger partial charge in [0.25, 0.3) is 0 Å². The molecule has 2 saturated heterocycles. The Labute approximate surface area is 125 Å². The highest BCUT2D eigenvalue weighted by Crippen LogP contribution is 2.47. The van der Waals surface area contributed by atoms with E-state index in [9.17, 15) is 14.7 Å². The number of ether oxygens (including phenoxy) is 1. The molecule has 3 fully saturated rings. The quantitative estimate of drug-likeness (QED) is 0.786. The molecular formula is C16H25NO4. The minimum Gasteiger partial charge on any atom is -0.394 e. The van der Waals surface area contributed by atoms with E-state index in [4.69, 9.17) is 4.74 Å². The summed E-state index contributed by atoms with van der Waals surface area (Å²) in [6.07, 6.45) is 7.50. The zero-order valence-corrected chi connectivity index (χ0v) is 12.6. The van der Waals surface area contributed by atoms with Gasteiger partial charge in [-0.3, -0.25) is 14.5 Å². The van der Waals surface area contributed by atoms with E-state index in [2.05, 4.69) is 0 Å². The van der Waals surface area contributed by atoms with Gasteiger partial charge in [0.2, 0.25) is 11.8 Å². The lowest BCUT2D eigenvalue weighted by molar-refractivity contribution is -0.170. The van der Waals surface area contributed by atoms with Gasteiger partial charge in [-0.05, 0) is 31.1 Å². The van der Waals surface area contributed by atoms with Crippen LogP contribution in [-0.4, -0.2) is 47.2 Å². The summed E-state index contributed by atoms with van der Waals surface area (Å²) in [4.78, 5) is 26.8. The average molecular weight is 295 g/mol. The Morgan fingerprint density at radius 2 is 1.52 bits per heavy atom. The van der Waals surface area contributed by atoms with Gasteiger partial charge in [0.1, 0.15) is 0 Å². The smallest absolute Gasteiger partial charge is 0.230 e. The topological polar surface area (TPSA) is 66.8 Å². The number of carbonyl (C=O) groups is 2. The maximum atomic E-state index is 12.7. The van der Waals surface area contributed by atoms with Crippen molar-refractivity contribution >= 4 is 11.8 Å². The summed E-state index contributed by atoms with van der Waals surface area (Å²) >= 11 is 0. The standard InChI is InChI=1S/C16H25NO4/c18-12-16(6-8-21-9-7-16)17-13(19)10-15(11-14(17)20)4-2-1-3-5-15/h18H,1-12H2. The van der Waals surface area contributed by atoms with E-state index >= 15 is 0 Å². The number of aliphatic hydroxyl groups is 1. The number of piperidine rings is 1. The number of hydrogen-bond donors (Lipinski definition) is 1.